The average Bonchev–Trinajstić information content (AvgIpc) is 2.73. The summed E-state index contributed by atoms with van der Waals surface area (Å²) in [6.07, 6.45) is 2.43. The molecule has 4 rings (SSSR count). The quantitative estimate of drug-likeness (QED) is 0.618. The predicted molar refractivity (Wildman–Crippen MR) is 120 cm³/mol. The highest BCUT2D eigenvalue weighted by molar-refractivity contribution is 7.95. The maximum Gasteiger partial charge on any atom is 0.255 e. The van der Waals surface area contributed by atoms with Crippen molar-refractivity contribution in [2.45, 2.75) is 6.42 Å². The minimum atomic E-state index is -3.60. The summed E-state index contributed by atoms with van der Waals surface area (Å²) >= 11 is 6.11. The summed E-state index contributed by atoms with van der Waals surface area (Å²) in [6.45, 7) is 0.710. The number of nitrogens with one attached hydrogen (secondary N) is 1. The van der Waals surface area contributed by atoms with Crippen molar-refractivity contribution in [1.29, 1.82) is 0 Å². The van der Waals surface area contributed by atoms with E-state index in [1.807, 2.05) is 60.7 Å². The second-order valence-corrected chi connectivity index (χ2v) is 8.72. The molecule has 0 bridgehead atoms. The molecule has 3 aromatic rings. The van der Waals surface area contributed by atoms with Crippen LogP contribution in [0.25, 0.3) is 6.08 Å². The van der Waals surface area contributed by atoms with Gasteiger partial charge in [0.1, 0.15) is 0 Å². The molecule has 1 N–H and O–H groups in total. The first-order valence-corrected chi connectivity index (χ1v) is 11.1. The normalized spacial score (nSPS) is 13.8. The van der Waals surface area contributed by atoms with Crippen LogP contribution >= 0.6 is 11.6 Å². The van der Waals surface area contributed by atoms with E-state index in [4.69, 9.17) is 11.6 Å². The molecular weight excluding hydrogens is 404 g/mol. The van der Waals surface area contributed by atoms with Crippen LogP contribution in [0.15, 0.2) is 83.2 Å². The zero-order valence-corrected chi connectivity index (χ0v) is 17.1. The van der Waals surface area contributed by atoms with E-state index in [0.717, 1.165) is 33.8 Å². The van der Waals surface area contributed by atoms with E-state index < -0.39 is 10.0 Å². The fourth-order valence-corrected chi connectivity index (χ4v) is 4.31. The maximum absolute atomic E-state index is 12.3. The van der Waals surface area contributed by atoms with E-state index in [2.05, 4.69) is 9.71 Å². The number of fused-ring (bicyclic) bond motifs is 1. The van der Waals surface area contributed by atoms with E-state index in [1.54, 1.807) is 18.2 Å². The molecule has 0 saturated carbocycles. The summed E-state index contributed by atoms with van der Waals surface area (Å²) in [6, 6.07) is 22.4. The third-order valence-electron chi connectivity index (χ3n) is 4.63. The SMILES string of the molecule is O=S(=O)(C=Cc1ccccc1)Nc1ccc(C2=NCCc3cc(Cl)ccc32)cc1. The summed E-state index contributed by atoms with van der Waals surface area (Å²) in [7, 11) is -3.60. The van der Waals surface area contributed by atoms with Crippen LogP contribution in [-0.2, 0) is 16.4 Å². The number of hydrogen-bond acceptors (Lipinski definition) is 3. The van der Waals surface area contributed by atoms with Gasteiger partial charge in [-0.2, -0.15) is 0 Å². The van der Waals surface area contributed by atoms with Gasteiger partial charge in [0.15, 0.2) is 0 Å². The zero-order valence-electron chi connectivity index (χ0n) is 15.5. The Bertz CT molecular complexity index is 1190. The summed E-state index contributed by atoms with van der Waals surface area (Å²) in [4.78, 5) is 4.66. The molecule has 6 heteroatoms. The van der Waals surface area contributed by atoms with Crippen molar-refractivity contribution in [3.05, 3.63) is 105 Å². The number of aliphatic imine (C=N–C) groups is 1. The number of sulfonamides is 1. The number of nitrogens with zero attached hydrogens (tertiary/aromatic N) is 1. The monoisotopic (exact) mass is 422 g/mol. The van der Waals surface area contributed by atoms with Crippen LogP contribution in [0.4, 0.5) is 5.69 Å². The minimum Gasteiger partial charge on any atom is -0.284 e. The highest BCUT2D eigenvalue weighted by Crippen LogP contribution is 2.24. The molecule has 3 aromatic carbocycles. The first-order chi connectivity index (χ1) is 14.0. The molecule has 0 aliphatic carbocycles. The lowest BCUT2D eigenvalue weighted by Crippen LogP contribution is -2.14. The third-order valence-corrected chi connectivity index (χ3v) is 5.88. The number of hydrogen-bond donors (Lipinski definition) is 1. The van der Waals surface area contributed by atoms with Gasteiger partial charge in [-0.05, 0) is 47.9 Å². The van der Waals surface area contributed by atoms with E-state index in [9.17, 15) is 8.42 Å². The van der Waals surface area contributed by atoms with Crippen LogP contribution in [0.1, 0.15) is 22.3 Å². The fraction of sp³-hybridized carbons (Fsp3) is 0.0870. The third kappa shape index (κ3) is 4.75. The summed E-state index contributed by atoms with van der Waals surface area (Å²) < 4.78 is 27.2. The molecule has 0 amide bonds. The Labute approximate surface area is 175 Å². The van der Waals surface area contributed by atoms with Gasteiger partial charge in [-0.25, -0.2) is 8.42 Å². The van der Waals surface area contributed by atoms with Gasteiger partial charge < -0.3 is 0 Å². The Balaban J connectivity index is 1.52. The van der Waals surface area contributed by atoms with Gasteiger partial charge in [-0.1, -0.05) is 60.1 Å². The molecule has 0 atom stereocenters. The Kier molecular flexibility index (Phi) is 5.51. The molecule has 0 aromatic heterocycles. The van der Waals surface area contributed by atoms with Crippen molar-refractivity contribution >= 4 is 39.1 Å². The van der Waals surface area contributed by atoms with Crippen molar-refractivity contribution in [3.8, 4) is 0 Å². The van der Waals surface area contributed by atoms with E-state index in [-0.39, 0.29) is 0 Å². The van der Waals surface area contributed by atoms with Crippen LogP contribution in [-0.4, -0.2) is 20.7 Å². The molecule has 0 saturated heterocycles. The van der Waals surface area contributed by atoms with Gasteiger partial charge in [-0.3, -0.25) is 9.71 Å². The maximum atomic E-state index is 12.3. The second kappa shape index (κ2) is 8.23. The molecular formula is C23H19ClN2O2S. The van der Waals surface area contributed by atoms with Crippen LogP contribution in [0, 0.1) is 0 Å². The Morgan fingerprint density at radius 3 is 2.48 bits per heavy atom. The molecule has 0 radical (unpaired) electrons. The Hall–Kier alpha value is -2.89. The smallest absolute Gasteiger partial charge is 0.255 e. The number of halogens is 1. The van der Waals surface area contributed by atoms with Crippen molar-refractivity contribution in [2.24, 2.45) is 4.99 Å². The number of benzene rings is 3. The lowest BCUT2D eigenvalue weighted by Gasteiger charge is -2.17. The molecule has 146 valence electrons. The molecule has 1 heterocycles. The topological polar surface area (TPSA) is 58.5 Å². The van der Waals surface area contributed by atoms with Crippen molar-refractivity contribution in [3.63, 3.8) is 0 Å². The van der Waals surface area contributed by atoms with Gasteiger partial charge in [0.25, 0.3) is 10.0 Å². The van der Waals surface area contributed by atoms with Gasteiger partial charge >= 0.3 is 0 Å². The van der Waals surface area contributed by atoms with Crippen LogP contribution in [0.2, 0.25) is 5.02 Å². The standard InChI is InChI=1S/C23H19ClN2O2S/c24-20-8-11-22-19(16-20)12-14-25-23(22)18-6-9-21(10-7-18)26-29(27,28)15-13-17-4-2-1-3-5-17/h1-11,13,15-16,26H,12,14H2. The predicted octanol–water partition coefficient (Wildman–Crippen LogP) is 5.15. The highest BCUT2D eigenvalue weighted by atomic mass is 35.5. The second-order valence-electron chi connectivity index (χ2n) is 6.72. The Morgan fingerprint density at radius 2 is 1.72 bits per heavy atom. The molecule has 1 aliphatic rings. The van der Waals surface area contributed by atoms with Crippen LogP contribution < -0.4 is 4.72 Å². The van der Waals surface area contributed by atoms with Gasteiger partial charge in [0.2, 0.25) is 0 Å². The number of anilines is 1. The Morgan fingerprint density at radius 1 is 0.966 bits per heavy atom. The molecule has 29 heavy (non-hydrogen) atoms. The zero-order chi connectivity index (χ0) is 20.3. The fourth-order valence-electron chi connectivity index (χ4n) is 3.25. The van der Waals surface area contributed by atoms with Crippen molar-refractivity contribution in [1.82, 2.24) is 0 Å². The minimum absolute atomic E-state index is 0.499. The highest BCUT2D eigenvalue weighted by Gasteiger charge is 2.16. The summed E-state index contributed by atoms with van der Waals surface area (Å²) in [5.41, 5.74) is 5.41. The lowest BCUT2D eigenvalue weighted by molar-refractivity contribution is 0.609. The van der Waals surface area contributed by atoms with Crippen molar-refractivity contribution in [2.75, 3.05) is 11.3 Å². The summed E-state index contributed by atoms with van der Waals surface area (Å²) in [5, 5.41) is 1.89. The average molecular weight is 423 g/mol. The largest absolute Gasteiger partial charge is 0.284 e. The van der Waals surface area contributed by atoms with Crippen molar-refractivity contribution < 1.29 is 8.42 Å². The number of rotatable bonds is 5. The van der Waals surface area contributed by atoms with E-state index in [1.165, 1.54) is 11.0 Å². The molecule has 1 aliphatic heterocycles. The summed E-state index contributed by atoms with van der Waals surface area (Å²) in [5.74, 6) is 0. The van der Waals surface area contributed by atoms with Gasteiger partial charge in [-0.15, -0.1) is 0 Å². The van der Waals surface area contributed by atoms with E-state index in [0.29, 0.717) is 12.2 Å². The van der Waals surface area contributed by atoms with E-state index >= 15 is 0 Å². The first-order valence-electron chi connectivity index (χ1n) is 9.20. The molecule has 4 nitrogen and oxygen atoms in total. The molecule has 0 spiro atoms. The van der Waals surface area contributed by atoms with Crippen LogP contribution in [0.3, 0.4) is 0 Å². The molecule has 0 fully saturated rings. The molecule has 0 unspecified atom stereocenters. The van der Waals surface area contributed by atoms with Crippen LogP contribution in [0.5, 0.6) is 0 Å². The lowest BCUT2D eigenvalue weighted by atomic mass is 9.93. The van der Waals surface area contributed by atoms with Gasteiger partial charge in [0.05, 0.1) is 11.1 Å². The first kappa shape index (κ1) is 19.4. The van der Waals surface area contributed by atoms with Gasteiger partial charge in [0, 0.05) is 28.4 Å².